The van der Waals surface area contributed by atoms with Gasteiger partial charge in [-0.3, -0.25) is 0 Å². The van der Waals surface area contributed by atoms with Crippen molar-refractivity contribution in [2.45, 2.75) is 19.8 Å². The molecule has 1 atom stereocenters. The fourth-order valence-electron chi connectivity index (χ4n) is 0.845. The predicted octanol–water partition coefficient (Wildman–Crippen LogP) is 2.30. The summed E-state index contributed by atoms with van der Waals surface area (Å²) >= 11 is 0. The van der Waals surface area contributed by atoms with Crippen LogP contribution >= 0.6 is 10.8 Å². The second kappa shape index (κ2) is 9.01. The van der Waals surface area contributed by atoms with E-state index in [0.29, 0.717) is 5.75 Å². The van der Waals surface area contributed by atoms with Crippen molar-refractivity contribution < 1.29 is 12.6 Å². The van der Waals surface area contributed by atoms with Crippen LogP contribution in [-0.2, 0) is 19.7 Å². The number of unbranched alkanes of at least 4 members (excludes halogenated alkanes) is 1. The Bertz CT molecular complexity index is 344. The number of sulfone groups is 1. The SMILES string of the molecule is C=CCS(=O)(=O)C/C=C\SS(=O)CCCC. The van der Waals surface area contributed by atoms with Crippen LogP contribution in [0, 0.1) is 0 Å². The molecule has 0 aromatic heterocycles. The van der Waals surface area contributed by atoms with Crippen LogP contribution in [0.15, 0.2) is 24.1 Å². The normalized spacial score (nSPS) is 14.1. The van der Waals surface area contributed by atoms with E-state index in [-0.39, 0.29) is 11.5 Å². The van der Waals surface area contributed by atoms with Gasteiger partial charge in [-0.2, -0.15) is 0 Å². The van der Waals surface area contributed by atoms with Gasteiger partial charge in [-0.15, -0.1) is 6.58 Å². The fourth-order valence-corrected chi connectivity index (χ4v) is 4.02. The lowest BCUT2D eigenvalue weighted by Gasteiger charge is -1.96. The molecule has 0 spiro atoms. The summed E-state index contributed by atoms with van der Waals surface area (Å²) < 4.78 is 33.8. The van der Waals surface area contributed by atoms with E-state index in [1.54, 1.807) is 5.41 Å². The lowest BCUT2D eigenvalue weighted by molar-refractivity contribution is 0.602. The molecular formula is C10H18O3S3. The second-order valence-corrected chi connectivity index (χ2v) is 8.52. The third-order valence-electron chi connectivity index (χ3n) is 1.65. The first kappa shape index (κ1) is 15.9. The number of rotatable bonds is 9. The van der Waals surface area contributed by atoms with Crippen molar-refractivity contribution in [3.05, 3.63) is 24.1 Å². The summed E-state index contributed by atoms with van der Waals surface area (Å²) in [4.78, 5) is 0. The van der Waals surface area contributed by atoms with Gasteiger partial charge in [-0.05, 0) is 22.6 Å². The van der Waals surface area contributed by atoms with Crippen molar-refractivity contribution in [1.29, 1.82) is 0 Å². The third kappa shape index (κ3) is 9.18. The van der Waals surface area contributed by atoms with E-state index in [1.807, 2.05) is 6.92 Å². The van der Waals surface area contributed by atoms with Gasteiger partial charge in [0.1, 0.15) is 0 Å². The van der Waals surface area contributed by atoms with Gasteiger partial charge in [0.05, 0.1) is 21.3 Å². The Kier molecular flexibility index (Phi) is 8.97. The lowest BCUT2D eigenvalue weighted by Crippen LogP contribution is -2.06. The van der Waals surface area contributed by atoms with Crippen molar-refractivity contribution in [3.63, 3.8) is 0 Å². The monoisotopic (exact) mass is 282 g/mol. The molecule has 1 unspecified atom stereocenters. The molecule has 0 radical (unpaired) electrons. The Morgan fingerprint density at radius 3 is 2.62 bits per heavy atom. The Labute approximate surface area is 104 Å². The van der Waals surface area contributed by atoms with Crippen LogP contribution in [0.1, 0.15) is 19.8 Å². The highest BCUT2D eigenvalue weighted by Crippen LogP contribution is 2.11. The first-order valence-corrected chi connectivity index (χ1v) is 9.57. The fraction of sp³-hybridized carbons (Fsp3) is 0.600. The van der Waals surface area contributed by atoms with Crippen molar-refractivity contribution in [1.82, 2.24) is 0 Å². The summed E-state index contributed by atoms with van der Waals surface area (Å²) in [7, 11) is -2.82. The Morgan fingerprint density at radius 1 is 1.38 bits per heavy atom. The van der Waals surface area contributed by atoms with Crippen molar-refractivity contribution in [3.8, 4) is 0 Å². The molecule has 0 fully saturated rings. The maximum Gasteiger partial charge on any atom is 0.157 e. The zero-order valence-corrected chi connectivity index (χ0v) is 11.9. The van der Waals surface area contributed by atoms with Gasteiger partial charge < -0.3 is 0 Å². The van der Waals surface area contributed by atoms with E-state index >= 15 is 0 Å². The third-order valence-corrected chi connectivity index (χ3v) is 5.71. The molecule has 0 saturated heterocycles. The molecule has 0 aliphatic carbocycles. The molecule has 94 valence electrons. The van der Waals surface area contributed by atoms with Crippen LogP contribution in [0.2, 0.25) is 0 Å². The molecule has 3 nitrogen and oxygen atoms in total. The summed E-state index contributed by atoms with van der Waals surface area (Å²) in [6, 6.07) is 0. The van der Waals surface area contributed by atoms with Gasteiger partial charge in [0.15, 0.2) is 9.84 Å². The zero-order chi connectivity index (χ0) is 12.4. The average Bonchev–Trinajstić information content (AvgIpc) is 2.21. The first-order valence-electron chi connectivity index (χ1n) is 5.03. The highest BCUT2D eigenvalue weighted by molar-refractivity contribution is 8.70. The average molecular weight is 282 g/mol. The molecule has 0 aromatic rings. The van der Waals surface area contributed by atoms with E-state index in [9.17, 15) is 12.6 Å². The molecule has 0 aliphatic rings. The van der Waals surface area contributed by atoms with E-state index in [2.05, 4.69) is 6.58 Å². The largest absolute Gasteiger partial charge is 0.248 e. The quantitative estimate of drug-likeness (QED) is 0.481. The molecule has 0 aromatic carbocycles. The van der Waals surface area contributed by atoms with Gasteiger partial charge in [-0.1, -0.05) is 25.5 Å². The van der Waals surface area contributed by atoms with E-state index < -0.39 is 19.7 Å². The molecule has 0 amide bonds. The van der Waals surface area contributed by atoms with Crippen LogP contribution in [0.25, 0.3) is 0 Å². The van der Waals surface area contributed by atoms with Gasteiger partial charge in [-0.25, -0.2) is 12.6 Å². The first-order chi connectivity index (χ1) is 7.52. The molecular weight excluding hydrogens is 264 g/mol. The molecule has 0 rings (SSSR count). The zero-order valence-electron chi connectivity index (χ0n) is 9.42. The summed E-state index contributed by atoms with van der Waals surface area (Å²) in [6.45, 7) is 5.42. The maximum atomic E-state index is 11.3. The summed E-state index contributed by atoms with van der Waals surface area (Å²) in [6.07, 6.45) is 4.86. The molecule has 0 saturated carbocycles. The minimum absolute atomic E-state index is 0.0130. The molecule has 0 N–H and O–H groups in total. The van der Waals surface area contributed by atoms with Crippen molar-refractivity contribution in [2.24, 2.45) is 0 Å². The number of hydrogen-bond donors (Lipinski definition) is 0. The molecule has 6 heteroatoms. The number of hydrogen-bond acceptors (Lipinski definition) is 4. The van der Waals surface area contributed by atoms with Crippen LogP contribution in [0.3, 0.4) is 0 Å². The van der Waals surface area contributed by atoms with Gasteiger partial charge >= 0.3 is 0 Å². The van der Waals surface area contributed by atoms with E-state index in [1.165, 1.54) is 22.9 Å². The van der Waals surface area contributed by atoms with Gasteiger partial charge in [0.2, 0.25) is 0 Å². The molecule has 0 bridgehead atoms. The van der Waals surface area contributed by atoms with Crippen molar-refractivity contribution >= 4 is 30.5 Å². The van der Waals surface area contributed by atoms with Crippen molar-refractivity contribution in [2.75, 3.05) is 17.3 Å². The standard InChI is InChI=1S/C10H18O3S3/c1-3-5-8-15(11)14-7-6-10-16(12,13)9-4-2/h4,6-7H,2-3,5,8-10H2,1H3/b7-6-. The predicted molar refractivity (Wildman–Crippen MR) is 73.5 cm³/mol. The molecule has 0 heterocycles. The maximum absolute atomic E-state index is 11.3. The molecule has 0 aliphatic heterocycles. The second-order valence-electron chi connectivity index (χ2n) is 3.20. The minimum atomic E-state index is -3.06. The van der Waals surface area contributed by atoms with Gasteiger partial charge in [0.25, 0.3) is 0 Å². The topological polar surface area (TPSA) is 51.2 Å². The highest BCUT2D eigenvalue weighted by atomic mass is 33.1. The Hall–Kier alpha value is -0.0700. The van der Waals surface area contributed by atoms with E-state index in [0.717, 1.165) is 12.8 Å². The van der Waals surface area contributed by atoms with Crippen LogP contribution in [-0.4, -0.2) is 29.9 Å². The van der Waals surface area contributed by atoms with Crippen LogP contribution in [0.5, 0.6) is 0 Å². The Morgan fingerprint density at radius 2 is 2.06 bits per heavy atom. The summed E-state index contributed by atoms with van der Waals surface area (Å²) in [5, 5.41) is 1.60. The molecule has 16 heavy (non-hydrogen) atoms. The van der Waals surface area contributed by atoms with Gasteiger partial charge in [0, 0.05) is 5.75 Å². The minimum Gasteiger partial charge on any atom is -0.248 e. The van der Waals surface area contributed by atoms with E-state index in [4.69, 9.17) is 0 Å². The summed E-state index contributed by atoms with van der Waals surface area (Å²) in [5.74, 6) is 0.628. The Balaban J connectivity index is 3.85. The van der Waals surface area contributed by atoms with Crippen LogP contribution < -0.4 is 0 Å². The summed E-state index contributed by atoms with van der Waals surface area (Å²) in [5.41, 5.74) is 0. The smallest absolute Gasteiger partial charge is 0.157 e. The highest BCUT2D eigenvalue weighted by Gasteiger charge is 2.04. The van der Waals surface area contributed by atoms with Crippen LogP contribution in [0.4, 0.5) is 0 Å². The lowest BCUT2D eigenvalue weighted by atomic mass is 10.4.